The molecule has 0 aliphatic rings. The van der Waals surface area contributed by atoms with Gasteiger partial charge in [-0.1, -0.05) is 18.3 Å². The van der Waals surface area contributed by atoms with E-state index in [4.69, 9.17) is 5.73 Å². The molecule has 0 aliphatic heterocycles. The lowest BCUT2D eigenvalue weighted by Crippen LogP contribution is -2.11. The molecule has 0 fully saturated rings. The fourth-order valence-corrected chi connectivity index (χ4v) is 3.03. The largest absolute Gasteiger partial charge is 0.399 e. The van der Waals surface area contributed by atoms with Gasteiger partial charge in [0.1, 0.15) is 0 Å². The summed E-state index contributed by atoms with van der Waals surface area (Å²) in [6.45, 7) is 2.08. The van der Waals surface area contributed by atoms with Crippen molar-refractivity contribution >= 4 is 50.0 Å². The summed E-state index contributed by atoms with van der Waals surface area (Å²) >= 11 is 3.21. The molecule has 0 unspecified atom stereocenters. The molecule has 1 heterocycles. The molecule has 18 heavy (non-hydrogen) atoms. The molecule has 3 N–H and O–H groups in total. The third-order valence-corrected chi connectivity index (χ3v) is 4.17. The number of nitrogens with zero attached hydrogens (tertiary/aromatic N) is 1. The Morgan fingerprint density at radius 1 is 1.56 bits per heavy atom. The van der Waals surface area contributed by atoms with Crippen molar-refractivity contribution < 1.29 is 4.79 Å². The fourth-order valence-electron chi connectivity index (χ4n) is 1.49. The Kier molecular flexibility index (Phi) is 4.43. The standard InChI is InChI=1S/C12H15N3OS2/c1-2-17-6-5-11(16)15-12-14-9-4-3-8(13)7-10(9)18-12/h3-4,7H,2,5-6,13H2,1H3,(H,14,15,16). The first-order chi connectivity index (χ1) is 8.69. The van der Waals surface area contributed by atoms with E-state index in [-0.39, 0.29) is 5.91 Å². The first kappa shape index (κ1) is 13.2. The summed E-state index contributed by atoms with van der Waals surface area (Å²) in [6.07, 6.45) is 0.524. The summed E-state index contributed by atoms with van der Waals surface area (Å²) in [5, 5.41) is 3.46. The zero-order chi connectivity index (χ0) is 13.0. The Morgan fingerprint density at radius 3 is 3.17 bits per heavy atom. The van der Waals surface area contributed by atoms with E-state index in [1.807, 2.05) is 18.2 Å². The zero-order valence-corrected chi connectivity index (χ0v) is 11.7. The average molecular weight is 281 g/mol. The van der Waals surface area contributed by atoms with Crippen LogP contribution in [0.4, 0.5) is 10.8 Å². The first-order valence-electron chi connectivity index (χ1n) is 5.72. The van der Waals surface area contributed by atoms with E-state index >= 15 is 0 Å². The number of carbonyl (C=O) groups is 1. The highest BCUT2D eigenvalue weighted by atomic mass is 32.2. The maximum absolute atomic E-state index is 11.6. The number of nitrogens with one attached hydrogen (secondary N) is 1. The van der Waals surface area contributed by atoms with Gasteiger partial charge in [-0.3, -0.25) is 4.79 Å². The molecule has 6 heteroatoms. The number of aromatic nitrogens is 1. The molecule has 0 bridgehead atoms. The number of thiazole rings is 1. The van der Waals surface area contributed by atoms with Gasteiger partial charge < -0.3 is 11.1 Å². The van der Waals surface area contributed by atoms with Crippen LogP contribution in [0.25, 0.3) is 10.2 Å². The van der Waals surface area contributed by atoms with E-state index in [1.165, 1.54) is 11.3 Å². The van der Waals surface area contributed by atoms with Gasteiger partial charge in [-0.05, 0) is 24.0 Å². The summed E-state index contributed by atoms with van der Waals surface area (Å²) in [7, 11) is 0. The highest BCUT2D eigenvalue weighted by Crippen LogP contribution is 2.27. The minimum absolute atomic E-state index is 0.0166. The molecule has 96 valence electrons. The number of benzene rings is 1. The summed E-state index contributed by atoms with van der Waals surface area (Å²) in [4.78, 5) is 16.0. The molecule has 2 rings (SSSR count). The van der Waals surface area contributed by atoms with Gasteiger partial charge in [0.05, 0.1) is 10.2 Å². The summed E-state index contributed by atoms with van der Waals surface area (Å²) in [6, 6.07) is 5.55. The van der Waals surface area contributed by atoms with Gasteiger partial charge in [0.15, 0.2) is 5.13 Å². The van der Waals surface area contributed by atoms with Crippen molar-refractivity contribution in [2.24, 2.45) is 0 Å². The van der Waals surface area contributed by atoms with E-state index in [2.05, 4.69) is 17.2 Å². The molecule has 1 aromatic heterocycles. The van der Waals surface area contributed by atoms with Gasteiger partial charge in [-0.2, -0.15) is 11.8 Å². The monoisotopic (exact) mass is 281 g/mol. The van der Waals surface area contributed by atoms with Gasteiger partial charge in [-0.15, -0.1) is 0 Å². The average Bonchev–Trinajstić information content (AvgIpc) is 2.70. The van der Waals surface area contributed by atoms with Crippen LogP contribution in [0.3, 0.4) is 0 Å². The van der Waals surface area contributed by atoms with Crippen molar-refractivity contribution in [2.45, 2.75) is 13.3 Å². The van der Waals surface area contributed by atoms with Crippen LogP contribution in [-0.2, 0) is 4.79 Å². The Morgan fingerprint density at radius 2 is 2.39 bits per heavy atom. The topological polar surface area (TPSA) is 68.0 Å². The quantitative estimate of drug-likeness (QED) is 0.653. The number of nitrogen functional groups attached to an aromatic ring is 1. The molecular weight excluding hydrogens is 266 g/mol. The van der Waals surface area contributed by atoms with Gasteiger partial charge in [-0.25, -0.2) is 4.98 Å². The predicted octanol–water partition coefficient (Wildman–Crippen LogP) is 2.96. The highest BCUT2D eigenvalue weighted by molar-refractivity contribution is 7.99. The number of amides is 1. The molecule has 0 saturated carbocycles. The van der Waals surface area contributed by atoms with Crippen LogP contribution in [0.2, 0.25) is 0 Å². The Labute approximate surface area is 114 Å². The van der Waals surface area contributed by atoms with Crippen LogP contribution < -0.4 is 11.1 Å². The van der Waals surface area contributed by atoms with Crippen LogP contribution in [0.1, 0.15) is 13.3 Å². The van der Waals surface area contributed by atoms with E-state index < -0.39 is 0 Å². The number of hydrogen-bond donors (Lipinski definition) is 2. The molecule has 0 saturated heterocycles. The lowest BCUT2D eigenvalue weighted by molar-refractivity contribution is -0.115. The Balaban J connectivity index is 2.01. The van der Waals surface area contributed by atoms with Crippen molar-refractivity contribution in [1.29, 1.82) is 0 Å². The lowest BCUT2D eigenvalue weighted by Gasteiger charge is -1.99. The lowest BCUT2D eigenvalue weighted by atomic mass is 10.3. The maximum Gasteiger partial charge on any atom is 0.226 e. The first-order valence-corrected chi connectivity index (χ1v) is 7.70. The third kappa shape index (κ3) is 3.36. The van der Waals surface area contributed by atoms with Crippen molar-refractivity contribution in [3.63, 3.8) is 0 Å². The number of thioether (sulfide) groups is 1. The van der Waals surface area contributed by atoms with E-state index in [9.17, 15) is 4.79 Å². The second-order valence-electron chi connectivity index (χ2n) is 3.74. The minimum atomic E-state index is 0.0166. The SMILES string of the molecule is CCSCCC(=O)Nc1nc2ccc(N)cc2s1. The molecule has 1 amide bonds. The number of carbonyl (C=O) groups excluding carboxylic acids is 1. The molecule has 0 radical (unpaired) electrons. The summed E-state index contributed by atoms with van der Waals surface area (Å²) in [5.41, 5.74) is 7.28. The van der Waals surface area contributed by atoms with Gasteiger partial charge in [0.25, 0.3) is 0 Å². The van der Waals surface area contributed by atoms with Crippen molar-refractivity contribution in [3.8, 4) is 0 Å². The molecule has 1 aromatic carbocycles. The normalized spacial score (nSPS) is 10.7. The fraction of sp³-hybridized carbons (Fsp3) is 0.333. The van der Waals surface area contributed by atoms with Crippen LogP contribution in [-0.4, -0.2) is 22.4 Å². The second kappa shape index (κ2) is 6.06. The molecule has 0 spiro atoms. The Hall–Kier alpha value is -1.27. The molecular formula is C12H15N3OS2. The highest BCUT2D eigenvalue weighted by Gasteiger charge is 2.07. The van der Waals surface area contributed by atoms with Crippen LogP contribution in [0.5, 0.6) is 0 Å². The Bertz CT molecular complexity index is 553. The molecule has 4 nitrogen and oxygen atoms in total. The number of fused-ring (bicyclic) bond motifs is 1. The molecule has 0 atom stereocenters. The predicted molar refractivity (Wildman–Crippen MR) is 80.3 cm³/mol. The molecule has 2 aromatic rings. The van der Waals surface area contributed by atoms with Crippen LogP contribution in [0.15, 0.2) is 18.2 Å². The third-order valence-electron chi connectivity index (χ3n) is 2.34. The van der Waals surface area contributed by atoms with E-state index in [0.29, 0.717) is 17.2 Å². The summed E-state index contributed by atoms with van der Waals surface area (Å²) in [5.74, 6) is 1.90. The number of anilines is 2. The van der Waals surface area contributed by atoms with Crippen LogP contribution in [0, 0.1) is 0 Å². The number of nitrogens with two attached hydrogens (primary N) is 1. The number of hydrogen-bond acceptors (Lipinski definition) is 5. The zero-order valence-electron chi connectivity index (χ0n) is 10.1. The van der Waals surface area contributed by atoms with Crippen molar-refractivity contribution in [1.82, 2.24) is 4.98 Å². The van der Waals surface area contributed by atoms with Crippen molar-refractivity contribution in [2.75, 3.05) is 22.6 Å². The van der Waals surface area contributed by atoms with Crippen LogP contribution >= 0.6 is 23.1 Å². The second-order valence-corrected chi connectivity index (χ2v) is 6.17. The van der Waals surface area contributed by atoms with Gasteiger partial charge in [0.2, 0.25) is 5.91 Å². The maximum atomic E-state index is 11.6. The molecule has 0 aliphatic carbocycles. The van der Waals surface area contributed by atoms with Gasteiger partial charge in [0, 0.05) is 17.9 Å². The van der Waals surface area contributed by atoms with Crippen molar-refractivity contribution in [3.05, 3.63) is 18.2 Å². The smallest absolute Gasteiger partial charge is 0.226 e. The summed E-state index contributed by atoms with van der Waals surface area (Å²) < 4.78 is 0.994. The van der Waals surface area contributed by atoms with E-state index in [1.54, 1.807) is 11.8 Å². The minimum Gasteiger partial charge on any atom is -0.399 e. The van der Waals surface area contributed by atoms with E-state index in [0.717, 1.165) is 21.7 Å². The number of rotatable bonds is 5. The van der Waals surface area contributed by atoms with Gasteiger partial charge >= 0.3 is 0 Å².